The van der Waals surface area contributed by atoms with Crippen LogP contribution in [0.1, 0.15) is 26.2 Å². The minimum atomic E-state index is -0.414. The molecular formula is C9H18N2OS. The molecule has 3 nitrogen and oxygen atoms in total. The lowest BCUT2D eigenvalue weighted by atomic mass is 9.97. The minimum Gasteiger partial charge on any atom is -0.368 e. The summed E-state index contributed by atoms with van der Waals surface area (Å²) in [5, 5.41) is 3.82. The number of primary amides is 1. The van der Waals surface area contributed by atoms with Crippen molar-refractivity contribution in [3.05, 3.63) is 0 Å². The second-order valence-electron chi connectivity index (χ2n) is 3.58. The standard InChI is InChI=1S/C9H18N2OS/c1-3-11-9(8(10)12)5-4-7(6-9)13-2/h7,11H,3-6H2,1-2H3,(H2,10,12). The topological polar surface area (TPSA) is 55.1 Å². The molecule has 0 saturated heterocycles. The molecule has 0 bridgehead atoms. The molecule has 0 spiro atoms. The molecule has 2 unspecified atom stereocenters. The third-order valence-corrected chi connectivity index (χ3v) is 3.86. The van der Waals surface area contributed by atoms with Crippen molar-refractivity contribution in [2.24, 2.45) is 5.73 Å². The van der Waals surface area contributed by atoms with Crippen molar-refractivity contribution in [3.8, 4) is 0 Å². The zero-order valence-electron chi connectivity index (χ0n) is 8.30. The maximum atomic E-state index is 11.3. The highest BCUT2D eigenvalue weighted by molar-refractivity contribution is 7.99. The van der Waals surface area contributed by atoms with Crippen molar-refractivity contribution in [1.82, 2.24) is 5.32 Å². The van der Waals surface area contributed by atoms with Gasteiger partial charge in [-0.3, -0.25) is 4.79 Å². The van der Waals surface area contributed by atoms with E-state index in [-0.39, 0.29) is 5.91 Å². The normalized spacial score (nSPS) is 33.5. The Balaban J connectivity index is 2.65. The van der Waals surface area contributed by atoms with Gasteiger partial charge in [0.05, 0.1) is 5.54 Å². The van der Waals surface area contributed by atoms with Crippen molar-refractivity contribution in [2.75, 3.05) is 12.8 Å². The number of amides is 1. The van der Waals surface area contributed by atoms with Crippen molar-refractivity contribution in [1.29, 1.82) is 0 Å². The summed E-state index contributed by atoms with van der Waals surface area (Å²) in [6.45, 7) is 2.82. The van der Waals surface area contributed by atoms with Gasteiger partial charge in [-0.1, -0.05) is 6.92 Å². The molecule has 0 aromatic rings. The van der Waals surface area contributed by atoms with E-state index < -0.39 is 5.54 Å². The van der Waals surface area contributed by atoms with E-state index in [0.29, 0.717) is 5.25 Å². The van der Waals surface area contributed by atoms with Gasteiger partial charge >= 0.3 is 0 Å². The van der Waals surface area contributed by atoms with Crippen LogP contribution in [0.5, 0.6) is 0 Å². The maximum Gasteiger partial charge on any atom is 0.237 e. The fourth-order valence-corrected chi connectivity index (χ4v) is 2.82. The number of rotatable bonds is 4. The molecule has 1 aliphatic rings. The van der Waals surface area contributed by atoms with Crippen LogP contribution in [0.15, 0.2) is 0 Å². The number of carbonyl (C=O) groups excluding carboxylic acids is 1. The summed E-state index contributed by atoms with van der Waals surface area (Å²) in [7, 11) is 0. The van der Waals surface area contributed by atoms with Gasteiger partial charge in [-0.15, -0.1) is 0 Å². The Bertz CT molecular complexity index is 198. The van der Waals surface area contributed by atoms with E-state index in [1.54, 1.807) is 0 Å². The Kier molecular flexibility index (Phi) is 3.62. The number of hydrogen-bond acceptors (Lipinski definition) is 3. The van der Waals surface area contributed by atoms with Crippen molar-refractivity contribution < 1.29 is 4.79 Å². The lowest BCUT2D eigenvalue weighted by Crippen LogP contribution is -2.53. The summed E-state index contributed by atoms with van der Waals surface area (Å²) in [5.41, 5.74) is 5.01. The molecule has 3 N–H and O–H groups in total. The molecule has 0 aromatic heterocycles. The quantitative estimate of drug-likeness (QED) is 0.707. The van der Waals surface area contributed by atoms with Gasteiger partial charge < -0.3 is 11.1 Å². The fourth-order valence-electron chi connectivity index (χ4n) is 2.01. The Morgan fingerprint density at radius 3 is 2.85 bits per heavy atom. The highest BCUT2D eigenvalue weighted by Crippen LogP contribution is 2.35. The largest absolute Gasteiger partial charge is 0.368 e. The first-order valence-corrected chi connectivity index (χ1v) is 6.01. The van der Waals surface area contributed by atoms with E-state index in [0.717, 1.165) is 25.8 Å². The van der Waals surface area contributed by atoms with Crippen LogP contribution in [0.4, 0.5) is 0 Å². The molecule has 2 atom stereocenters. The van der Waals surface area contributed by atoms with Crippen LogP contribution < -0.4 is 11.1 Å². The molecule has 1 amide bonds. The number of carbonyl (C=O) groups is 1. The molecule has 1 aliphatic carbocycles. The predicted molar refractivity (Wildman–Crippen MR) is 56.8 cm³/mol. The number of nitrogens with two attached hydrogens (primary N) is 1. The van der Waals surface area contributed by atoms with E-state index in [9.17, 15) is 4.79 Å². The summed E-state index contributed by atoms with van der Waals surface area (Å²) in [4.78, 5) is 11.3. The number of hydrogen-bond donors (Lipinski definition) is 2. The van der Waals surface area contributed by atoms with Gasteiger partial charge in [-0.05, 0) is 32.1 Å². The predicted octanol–water partition coefficient (Wildman–Crippen LogP) is 0.735. The summed E-state index contributed by atoms with van der Waals surface area (Å²) in [6.07, 6.45) is 4.96. The molecule has 1 rings (SSSR count). The van der Waals surface area contributed by atoms with Gasteiger partial charge in [0.15, 0.2) is 0 Å². The van der Waals surface area contributed by atoms with Gasteiger partial charge in [0.25, 0.3) is 0 Å². The maximum absolute atomic E-state index is 11.3. The minimum absolute atomic E-state index is 0.189. The molecule has 4 heteroatoms. The molecule has 13 heavy (non-hydrogen) atoms. The van der Waals surface area contributed by atoms with Crippen molar-refractivity contribution in [3.63, 3.8) is 0 Å². The first-order valence-electron chi connectivity index (χ1n) is 4.72. The zero-order valence-corrected chi connectivity index (χ0v) is 9.12. The van der Waals surface area contributed by atoms with Crippen LogP contribution in [0.25, 0.3) is 0 Å². The van der Waals surface area contributed by atoms with Crippen LogP contribution in [-0.2, 0) is 4.79 Å². The zero-order chi connectivity index (χ0) is 9.90. The number of thioether (sulfide) groups is 1. The Morgan fingerprint density at radius 1 is 1.77 bits per heavy atom. The van der Waals surface area contributed by atoms with E-state index >= 15 is 0 Å². The van der Waals surface area contributed by atoms with Crippen molar-refractivity contribution in [2.45, 2.75) is 37.0 Å². The third-order valence-electron chi connectivity index (χ3n) is 2.79. The average molecular weight is 202 g/mol. The fraction of sp³-hybridized carbons (Fsp3) is 0.889. The van der Waals surface area contributed by atoms with Crippen LogP contribution in [-0.4, -0.2) is 29.5 Å². The molecule has 0 heterocycles. The molecule has 0 aromatic carbocycles. The van der Waals surface area contributed by atoms with Crippen LogP contribution in [0.3, 0.4) is 0 Å². The lowest BCUT2D eigenvalue weighted by Gasteiger charge is -2.26. The Morgan fingerprint density at radius 2 is 2.46 bits per heavy atom. The second-order valence-corrected chi connectivity index (χ2v) is 4.72. The summed E-state index contributed by atoms with van der Waals surface area (Å²) < 4.78 is 0. The number of nitrogens with one attached hydrogen (secondary N) is 1. The Hall–Kier alpha value is -0.220. The molecule has 0 aliphatic heterocycles. The highest BCUT2D eigenvalue weighted by atomic mass is 32.2. The molecule has 1 fully saturated rings. The summed E-state index contributed by atoms with van der Waals surface area (Å²) >= 11 is 1.83. The van der Waals surface area contributed by atoms with Gasteiger partial charge in [0, 0.05) is 5.25 Å². The van der Waals surface area contributed by atoms with Gasteiger partial charge in [-0.2, -0.15) is 11.8 Å². The summed E-state index contributed by atoms with van der Waals surface area (Å²) in [6, 6.07) is 0. The van der Waals surface area contributed by atoms with Crippen molar-refractivity contribution >= 4 is 17.7 Å². The third kappa shape index (κ3) is 2.17. The molecule has 76 valence electrons. The second kappa shape index (κ2) is 4.33. The van der Waals surface area contributed by atoms with E-state index in [1.807, 2.05) is 18.7 Å². The van der Waals surface area contributed by atoms with E-state index in [4.69, 9.17) is 5.73 Å². The Labute approximate surface area is 83.8 Å². The van der Waals surface area contributed by atoms with Gasteiger partial charge in [0.1, 0.15) is 0 Å². The first-order chi connectivity index (χ1) is 6.14. The number of likely N-dealkylation sites (N-methyl/N-ethyl adjacent to an activating group) is 1. The lowest BCUT2D eigenvalue weighted by molar-refractivity contribution is -0.124. The highest BCUT2D eigenvalue weighted by Gasteiger charge is 2.42. The SMILES string of the molecule is CCNC1(C(N)=O)CCC(SC)C1. The van der Waals surface area contributed by atoms with Crippen LogP contribution in [0, 0.1) is 0 Å². The molecule has 0 radical (unpaired) electrons. The first kappa shape index (κ1) is 10.9. The van der Waals surface area contributed by atoms with Crippen LogP contribution in [0.2, 0.25) is 0 Å². The van der Waals surface area contributed by atoms with Gasteiger partial charge in [-0.25, -0.2) is 0 Å². The van der Waals surface area contributed by atoms with E-state index in [2.05, 4.69) is 11.6 Å². The molecular weight excluding hydrogens is 184 g/mol. The monoisotopic (exact) mass is 202 g/mol. The average Bonchev–Trinajstić information content (AvgIpc) is 2.50. The summed E-state index contributed by atoms with van der Waals surface area (Å²) in [5.74, 6) is -0.189. The van der Waals surface area contributed by atoms with Crippen LogP contribution >= 0.6 is 11.8 Å². The molecule has 1 saturated carbocycles. The smallest absolute Gasteiger partial charge is 0.237 e. The van der Waals surface area contributed by atoms with E-state index in [1.165, 1.54) is 0 Å². The van der Waals surface area contributed by atoms with Gasteiger partial charge in [0.2, 0.25) is 5.91 Å².